The van der Waals surface area contributed by atoms with E-state index in [1.165, 1.54) is 0 Å². The fraction of sp³-hybridized carbons (Fsp3) is 0.143. The predicted octanol–water partition coefficient (Wildman–Crippen LogP) is 3.66. The Kier molecular flexibility index (Phi) is 3.72. The number of nitrogen functional groups attached to an aromatic ring is 1. The van der Waals surface area contributed by atoms with Crippen molar-refractivity contribution in [3.05, 3.63) is 45.6 Å². The first-order chi connectivity index (χ1) is 9.04. The molecule has 0 aliphatic rings. The standard InChI is InChI=1S/C14H13BrN4/c1-8-4-3-5-12(10(8)6-16)19-14-13(15)9(2)11(17)7-18-14/h3-5,7H,17H2,1-2H3,(H,18,19). The van der Waals surface area contributed by atoms with Gasteiger partial charge in [-0.25, -0.2) is 4.98 Å². The lowest BCUT2D eigenvalue weighted by molar-refractivity contribution is 1.25. The minimum absolute atomic E-state index is 0.616. The summed E-state index contributed by atoms with van der Waals surface area (Å²) in [7, 11) is 0. The topological polar surface area (TPSA) is 74.7 Å². The van der Waals surface area contributed by atoms with Crippen LogP contribution in [0.25, 0.3) is 0 Å². The normalized spacial score (nSPS) is 10.0. The summed E-state index contributed by atoms with van der Waals surface area (Å²) in [6, 6.07) is 7.85. The molecule has 5 heteroatoms. The lowest BCUT2D eigenvalue weighted by atomic mass is 10.1. The minimum atomic E-state index is 0.616. The molecule has 0 spiro atoms. The van der Waals surface area contributed by atoms with E-state index in [0.717, 1.165) is 21.3 Å². The number of halogens is 1. The Morgan fingerprint density at radius 1 is 1.37 bits per heavy atom. The van der Waals surface area contributed by atoms with Crippen molar-refractivity contribution in [2.75, 3.05) is 11.1 Å². The summed E-state index contributed by atoms with van der Waals surface area (Å²) in [5, 5.41) is 12.4. The zero-order chi connectivity index (χ0) is 14.0. The number of nitrogens with zero attached hydrogens (tertiary/aromatic N) is 2. The fourth-order valence-electron chi connectivity index (χ4n) is 1.73. The molecule has 0 bridgehead atoms. The molecule has 2 aromatic rings. The summed E-state index contributed by atoms with van der Waals surface area (Å²) in [5.74, 6) is 0.647. The molecule has 96 valence electrons. The van der Waals surface area contributed by atoms with Gasteiger partial charge in [0.2, 0.25) is 0 Å². The van der Waals surface area contributed by atoms with Crippen LogP contribution in [0, 0.1) is 25.2 Å². The third-order valence-corrected chi connectivity index (χ3v) is 3.91. The van der Waals surface area contributed by atoms with Gasteiger partial charge in [-0.2, -0.15) is 5.26 Å². The summed E-state index contributed by atoms with van der Waals surface area (Å²) in [5.41, 5.74) is 9.62. The monoisotopic (exact) mass is 316 g/mol. The van der Waals surface area contributed by atoms with Crippen molar-refractivity contribution in [3.63, 3.8) is 0 Å². The lowest BCUT2D eigenvalue weighted by Gasteiger charge is -2.12. The van der Waals surface area contributed by atoms with Gasteiger partial charge in [0.15, 0.2) is 0 Å². The van der Waals surface area contributed by atoms with Crippen molar-refractivity contribution in [1.82, 2.24) is 4.98 Å². The maximum absolute atomic E-state index is 9.20. The van der Waals surface area contributed by atoms with Crippen molar-refractivity contribution < 1.29 is 0 Å². The van der Waals surface area contributed by atoms with Gasteiger partial charge in [-0.05, 0) is 47.0 Å². The highest BCUT2D eigenvalue weighted by Crippen LogP contribution is 2.31. The van der Waals surface area contributed by atoms with Crippen molar-refractivity contribution in [2.24, 2.45) is 0 Å². The number of hydrogen-bond acceptors (Lipinski definition) is 4. The Morgan fingerprint density at radius 3 is 2.79 bits per heavy atom. The van der Waals surface area contributed by atoms with Gasteiger partial charge < -0.3 is 11.1 Å². The molecule has 0 radical (unpaired) electrons. The van der Waals surface area contributed by atoms with E-state index in [-0.39, 0.29) is 0 Å². The zero-order valence-electron chi connectivity index (χ0n) is 10.7. The van der Waals surface area contributed by atoms with Crippen LogP contribution in [0.15, 0.2) is 28.9 Å². The van der Waals surface area contributed by atoms with Crippen molar-refractivity contribution >= 4 is 33.1 Å². The van der Waals surface area contributed by atoms with Gasteiger partial charge in [-0.1, -0.05) is 12.1 Å². The molecule has 19 heavy (non-hydrogen) atoms. The van der Waals surface area contributed by atoms with Gasteiger partial charge in [-0.3, -0.25) is 0 Å². The minimum Gasteiger partial charge on any atom is -0.397 e. The largest absolute Gasteiger partial charge is 0.397 e. The Hall–Kier alpha value is -2.06. The van der Waals surface area contributed by atoms with Gasteiger partial charge in [-0.15, -0.1) is 0 Å². The van der Waals surface area contributed by atoms with Crippen LogP contribution < -0.4 is 11.1 Å². The average molecular weight is 317 g/mol. The Morgan fingerprint density at radius 2 is 2.11 bits per heavy atom. The van der Waals surface area contributed by atoms with Crippen LogP contribution >= 0.6 is 15.9 Å². The highest BCUT2D eigenvalue weighted by Gasteiger charge is 2.10. The third kappa shape index (κ3) is 2.54. The summed E-state index contributed by atoms with van der Waals surface area (Å²) >= 11 is 3.47. The molecular formula is C14H13BrN4. The highest BCUT2D eigenvalue weighted by molar-refractivity contribution is 9.10. The number of nitrogens with two attached hydrogens (primary N) is 1. The van der Waals surface area contributed by atoms with Gasteiger partial charge >= 0.3 is 0 Å². The molecule has 0 aliphatic carbocycles. The van der Waals surface area contributed by atoms with Gasteiger partial charge in [0.1, 0.15) is 11.9 Å². The second kappa shape index (κ2) is 5.29. The maximum Gasteiger partial charge on any atom is 0.145 e. The molecule has 2 rings (SSSR count). The lowest BCUT2D eigenvalue weighted by Crippen LogP contribution is -2.01. The van der Waals surface area contributed by atoms with Crippen LogP contribution in [0.2, 0.25) is 0 Å². The first-order valence-electron chi connectivity index (χ1n) is 5.72. The van der Waals surface area contributed by atoms with Gasteiger partial charge in [0.25, 0.3) is 0 Å². The third-order valence-electron chi connectivity index (χ3n) is 2.94. The maximum atomic E-state index is 9.20. The number of hydrogen-bond donors (Lipinski definition) is 2. The van der Waals surface area contributed by atoms with Crippen LogP contribution in [0.1, 0.15) is 16.7 Å². The van der Waals surface area contributed by atoms with E-state index >= 15 is 0 Å². The molecule has 4 nitrogen and oxygen atoms in total. The molecule has 0 saturated heterocycles. The van der Waals surface area contributed by atoms with Crippen LogP contribution in [-0.2, 0) is 0 Å². The molecule has 3 N–H and O–H groups in total. The van der Waals surface area contributed by atoms with E-state index in [1.807, 2.05) is 32.0 Å². The number of pyridine rings is 1. The number of rotatable bonds is 2. The molecular weight excluding hydrogens is 304 g/mol. The van der Waals surface area contributed by atoms with Crippen LogP contribution in [0.5, 0.6) is 0 Å². The second-order valence-electron chi connectivity index (χ2n) is 4.24. The molecule has 0 atom stereocenters. The summed E-state index contributed by atoms with van der Waals surface area (Å²) in [4.78, 5) is 4.25. The smallest absolute Gasteiger partial charge is 0.145 e. The van der Waals surface area contributed by atoms with Gasteiger partial charge in [0, 0.05) is 0 Å². The van der Waals surface area contributed by atoms with E-state index < -0.39 is 0 Å². The summed E-state index contributed by atoms with van der Waals surface area (Å²) in [6.07, 6.45) is 1.60. The SMILES string of the molecule is Cc1cccc(Nc2ncc(N)c(C)c2Br)c1C#N. The van der Waals surface area contributed by atoms with E-state index in [0.29, 0.717) is 17.1 Å². The molecule has 0 aliphatic heterocycles. The van der Waals surface area contributed by atoms with E-state index in [2.05, 4.69) is 32.3 Å². The number of benzene rings is 1. The predicted molar refractivity (Wildman–Crippen MR) is 80.3 cm³/mol. The fourth-order valence-corrected chi connectivity index (χ4v) is 2.16. The van der Waals surface area contributed by atoms with Crippen molar-refractivity contribution in [1.29, 1.82) is 5.26 Å². The van der Waals surface area contributed by atoms with Crippen molar-refractivity contribution in [2.45, 2.75) is 13.8 Å². The van der Waals surface area contributed by atoms with Crippen LogP contribution in [-0.4, -0.2) is 4.98 Å². The Labute approximate surface area is 120 Å². The Balaban J connectivity index is 2.46. The highest BCUT2D eigenvalue weighted by atomic mass is 79.9. The second-order valence-corrected chi connectivity index (χ2v) is 5.03. The van der Waals surface area contributed by atoms with Crippen molar-refractivity contribution in [3.8, 4) is 6.07 Å². The number of nitrogens with one attached hydrogen (secondary N) is 1. The van der Waals surface area contributed by atoms with E-state index in [1.54, 1.807) is 6.20 Å². The number of aryl methyl sites for hydroxylation is 1. The molecule has 0 saturated carbocycles. The quantitative estimate of drug-likeness (QED) is 0.886. The first kappa shape index (κ1) is 13.4. The molecule has 0 fully saturated rings. The van der Waals surface area contributed by atoms with E-state index in [4.69, 9.17) is 5.73 Å². The summed E-state index contributed by atoms with van der Waals surface area (Å²) < 4.78 is 0.804. The number of nitriles is 1. The Bertz CT molecular complexity index is 674. The summed E-state index contributed by atoms with van der Waals surface area (Å²) in [6.45, 7) is 3.81. The first-order valence-corrected chi connectivity index (χ1v) is 6.51. The molecule has 1 aromatic heterocycles. The van der Waals surface area contributed by atoms with Crippen LogP contribution in [0.4, 0.5) is 17.2 Å². The number of aromatic nitrogens is 1. The molecule has 0 unspecified atom stereocenters. The van der Waals surface area contributed by atoms with E-state index in [9.17, 15) is 5.26 Å². The zero-order valence-corrected chi connectivity index (χ0v) is 12.2. The van der Waals surface area contributed by atoms with Crippen LogP contribution in [0.3, 0.4) is 0 Å². The van der Waals surface area contributed by atoms with Gasteiger partial charge in [0.05, 0.1) is 27.6 Å². The molecule has 1 heterocycles. The molecule has 1 aromatic carbocycles. The number of anilines is 3. The average Bonchev–Trinajstić information content (AvgIpc) is 2.40. The molecule has 0 amide bonds.